The summed E-state index contributed by atoms with van der Waals surface area (Å²) in [6.45, 7) is 5.15. The molecule has 1 heterocycles. The molecule has 1 amide bonds. The second-order valence-corrected chi connectivity index (χ2v) is 6.42. The minimum absolute atomic E-state index is 0.0384. The molecule has 0 fully saturated rings. The third-order valence-electron chi connectivity index (χ3n) is 3.30. The van der Waals surface area contributed by atoms with Gasteiger partial charge in [-0.15, -0.1) is 0 Å². The van der Waals surface area contributed by atoms with Crippen molar-refractivity contribution in [2.75, 3.05) is 6.54 Å². The van der Waals surface area contributed by atoms with Gasteiger partial charge in [-0.2, -0.15) is 0 Å². The maximum atomic E-state index is 12.0. The molecule has 0 atom stereocenters. The van der Waals surface area contributed by atoms with E-state index in [1.165, 1.54) is 6.07 Å². The van der Waals surface area contributed by atoms with Crippen LogP contribution in [0.3, 0.4) is 0 Å². The Bertz CT molecular complexity index is 707. The van der Waals surface area contributed by atoms with Gasteiger partial charge in [-0.1, -0.05) is 29.8 Å². The van der Waals surface area contributed by atoms with E-state index in [0.29, 0.717) is 17.8 Å². The summed E-state index contributed by atoms with van der Waals surface area (Å²) in [5, 5.41) is 3.52. The highest BCUT2D eigenvalue weighted by Gasteiger charge is 2.07. The predicted octanol–water partition coefficient (Wildman–Crippen LogP) is 2.93. The van der Waals surface area contributed by atoms with Crippen LogP contribution in [0.4, 0.5) is 0 Å². The Morgan fingerprint density at radius 2 is 2.10 bits per heavy atom. The summed E-state index contributed by atoms with van der Waals surface area (Å²) < 4.78 is 2.65. The zero-order valence-corrected chi connectivity index (χ0v) is 13.8. The van der Waals surface area contributed by atoms with E-state index in [4.69, 9.17) is 0 Å². The number of carbonyl (C=O) groups excluding carboxylic acids is 1. The number of benzene rings is 1. The molecule has 0 saturated heterocycles. The van der Waals surface area contributed by atoms with Crippen molar-refractivity contribution in [1.82, 2.24) is 9.88 Å². The molecule has 2 aromatic rings. The van der Waals surface area contributed by atoms with Crippen LogP contribution in [-0.4, -0.2) is 17.0 Å². The fourth-order valence-corrected chi connectivity index (χ4v) is 2.49. The SMILES string of the molecule is CC(C)CCNC(=O)Cn1ccc(=O)c2cc(Br)ccc21. The first-order valence-electron chi connectivity index (χ1n) is 7.03. The van der Waals surface area contributed by atoms with Gasteiger partial charge in [0.25, 0.3) is 0 Å². The summed E-state index contributed by atoms with van der Waals surface area (Å²) in [5.41, 5.74) is 0.729. The van der Waals surface area contributed by atoms with Crippen LogP contribution in [0.1, 0.15) is 20.3 Å². The minimum atomic E-state index is -0.0391. The molecule has 112 valence electrons. The van der Waals surface area contributed by atoms with Crippen LogP contribution in [0, 0.1) is 5.92 Å². The predicted molar refractivity (Wildman–Crippen MR) is 88.4 cm³/mol. The van der Waals surface area contributed by atoms with Crippen molar-refractivity contribution in [3.05, 3.63) is 45.2 Å². The lowest BCUT2D eigenvalue weighted by Crippen LogP contribution is -2.29. The van der Waals surface area contributed by atoms with Gasteiger partial charge in [0, 0.05) is 28.7 Å². The lowest BCUT2D eigenvalue weighted by molar-refractivity contribution is -0.121. The lowest BCUT2D eigenvalue weighted by atomic mass is 10.1. The Morgan fingerprint density at radius 1 is 1.33 bits per heavy atom. The Hall–Kier alpha value is -1.62. The van der Waals surface area contributed by atoms with Gasteiger partial charge in [0.15, 0.2) is 5.43 Å². The minimum Gasteiger partial charge on any atom is -0.355 e. The van der Waals surface area contributed by atoms with Gasteiger partial charge >= 0.3 is 0 Å². The number of hydrogen-bond acceptors (Lipinski definition) is 2. The standard InChI is InChI=1S/C16H19BrN2O2/c1-11(2)5-7-18-16(21)10-19-8-6-15(20)13-9-12(17)3-4-14(13)19/h3-4,6,8-9,11H,5,7,10H2,1-2H3,(H,18,21). The van der Waals surface area contributed by atoms with Crippen LogP contribution in [0.15, 0.2) is 39.7 Å². The van der Waals surface area contributed by atoms with E-state index in [9.17, 15) is 9.59 Å². The Morgan fingerprint density at radius 3 is 2.81 bits per heavy atom. The number of halogens is 1. The molecular formula is C16H19BrN2O2. The summed E-state index contributed by atoms with van der Waals surface area (Å²) >= 11 is 3.36. The molecule has 0 aliphatic rings. The van der Waals surface area contributed by atoms with Gasteiger partial charge in [-0.3, -0.25) is 9.59 Å². The topological polar surface area (TPSA) is 51.1 Å². The number of carbonyl (C=O) groups is 1. The number of hydrogen-bond donors (Lipinski definition) is 1. The maximum Gasteiger partial charge on any atom is 0.239 e. The molecule has 1 N–H and O–H groups in total. The normalized spacial score (nSPS) is 11.0. The second kappa shape index (κ2) is 6.89. The number of aromatic nitrogens is 1. The van der Waals surface area contributed by atoms with E-state index < -0.39 is 0 Å². The third-order valence-corrected chi connectivity index (χ3v) is 3.79. The highest BCUT2D eigenvalue weighted by atomic mass is 79.9. The van der Waals surface area contributed by atoms with Gasteiger partial charge in [0.05, 0.1) is 5.52 Å². The average Bonchev–Trinajstić information content (AvgIpc) is 2.42. The molecule has 0 aliphatic carbocycles. The van der Waals surface area contributed by atoms with Crippen LogP contribution in [0.25, 0.3) is 10.9 Å². The quantitative estimate of drug-likeness (QED) is 0.901. The fourth-order valence-electron chi connectivity index (χ4n) is 2.13. The van der Waals surface area contributed by atoms with Crippen LogP contribution in [-0.2, 0) is 11.3 Å². The highest BCUT2D eigenvalue weighted by Crippen LogP contribution is 2.16. The number of fused-ring (bicyclic) bond motifs is 1. The maximum absolute atomic E-state index is 12.0. The zero-order chi connectivity index (χ0) is 15.4. The number of amides is 1. The van der Waals surface area contributed by atoms with E-state index in [2.05, 4.69) is 35.1 Å². The number of nitrogens with zero attached hydrogens (tertiary/aromatic N) is 1. The largest absolute Gasteiger partial charge is 0.355 e. The number of nitrogens with one attached hydrogen (secondary N) is 1. The third kappa shape index (κ3) is 4.17. The van der Waals surface area contributed by atoms with Gasteiger partial charge < -0.3 is 9.88 Å². The molecule has 21 heavy (non-hydrogen) atoms. The van der Waals surface area contributed by atoms with Gasteiger partial charge in [-0.25, -0.2) is 0 Å². The molecule has 0 radical (unpaired) electrons. The molecule has 0 bridgehead atoms. The molecule has 2 rings (SSSR count). The molecule has 5 heteroatoms. The van der Waals surface area contributed by atoms with Crippen molar-refractivity contribution in [3.8, 4) is 0 Å². The van der Waals surface area contributed by atoms with E-state index >= 15 is 0 Å². The zero-order valence-electron chi connectivity index (χ0n) is 12.2. The summed E-state index contributed by atoms with van der Waals surface area (Å²) in [6, 6.07) is 7.00. The van der Waals surface area contributed by atoms with Gasteiger partial charge in [-0.05, 0) is 30.5 Å². The second-order valence-electron chi connectivity index (χ2n) is 5.50. The first-order valence-corrected chi connectivity index (χ1v) is 7.82. The van der Waals surface area contributed by atoms with Crippen LogP contribution >= 0.6 is 15.9 Å². The lowest BCUT2D eigenvalue weighted by Gasteiger charge is -2.12. The Labute approximate surface area is 132 Å². The van der Waals surface area contributed by atoms with E-state index in [0.717, 1.165) is 16.4 Å². The van der Waals surface area contributed by atoms with E-state index in [1.54, 1.807) is 16.8 Å². The van der Waals surface area contributed by atoms with Crippen molar-refractivity contribution in [2.45, 2.75) is 26.8 Å². The summed E-state index contributed by atoms with van der Waals surface area (Å²) in [5.74, 6) is 0.527. The Balaban J connectivity index is 2.17. The van der Waals surface area contributed by atoms with Crippen LogP contribution in [0.5, 0.6) is 0 Å². The first-order chi connectivity index (χ1) is 9.97. The number of pyridine rings is 1. The number of rotatable bonds is 5. The highest BCUT2D eigenvalue weighted by molar-refractivity contribution is 9.10. The van der Waals surface area contributed by atoms with Crippen molar-refractivity contribution in [1.29, 1.82) is 0 Å². The van der Waals surface area contributed by atoms with Crippen molar-refractivity contribution < 1.29 is 4.79 Å². The molecule has 0 aliphatic heterocycles. The molecule has 1 aromatic carbocycles. The van der Waals surface area contributed by atoms with Crippen molar-refractivity contribution in [2.24, 2.45) is 5.92 Å². The van der Waals surface area contributed by atoms with Gasteiger partial charge in [0.1, 0.15) is 6.54 Å². The Kier molecular flexibility index (Phi) is 5.17. The summed E-state index contributed by atoms with van der Waals surface area (Å²) in [4.78, 5) is 23.9. The molecule has 0 unspecified atom stereocenters. The molecule has 0 saturated carbocycles. The van der Waals surface area contributed by atoms with Gasteiger partial charge in [0.2, 0.25) is 5.91 Å². The summed E-state index contributed by atoms with van der Waals surface area (Å²) in [7, 11) is 0. The van der Waals surface area contributed by atoms with Crippen LogP contribution < -0.4 is 10.7 Å². The average molecular weight is 351 g/mol. The van der Waals surface area contributed by atoms with Crippen molar-refractivity contribution >= 4 is 32.7 Å². The molecule has 1 aromatic heterocycles. The smallest absolute Gasteiger partial charge is 0.239 e. The summed E-state index contributed by atoms with van der Waals surface area (Å²) in [6.07, 6.45) is 2.63. The van der Waals surface area contributed by atoms with E-state index in [-0.39, 0.29) is 17.9 Å². The van der Waals surface area contributed by atoms with Crippen LogP contribution in [0.2, 0.25) is 0 Å². The first kappa shape index (κ1) is 15.8. The fraction of sp³-hybridized carbons (Fsp3) is 0.375. The molecule has 4 nitrogen and oxygen atoms in total. The molecular weight excluding hydrogens is 332 g/mol. The molecule has 0 spiro atoms. The monoisotopic (exact) mass is 350 g/mol. The van der Waals surface area contributed by atoms with E-state index in [1.807, 2.05) is 12.1 Å². The van der Waals surface area contributed by atoms with Crippen molar-refractivity contribution in [3.63, 3.8) is 0 Å².